The number of phenolic OH excluding ortho intramolecular Hbond substituents is 1. The van der Waals surface area contributed by atoms with Crippen LogP contribution in [0.1, 0.15) is 37.8 Å². The fourth-order valence-electron chi connectivity index (χ4n) is 2.99. The molecule has 0 spiro atoms. The van der Waals surface area contributed by atoms with Crippen LogP contribution in [0.2, 0.25) is 0 Å². The highest BCUT2D eigenvalue weighted by Gasteiger charge is 2.30. The number of aromatic hydroxyl groups is 1. The molecule has 1 aromatic rings. The molecule has 1 aromatic carbocycles. The smallest absolute Gasteiger partial charge is 0.127 e. The van der Waals surface area contributed by atoms with Crippen molar-refractivity contribution in [3.63, 3.8) is 0 Å². The van der Waals surface area contributed by atoms with Gasteiger partial charge in [-0.3, -0.25) is 0 Å². The van der Waals surface area contributed by atoms with Crippen molar-refractivity contribution in [3.8, 4) is 11.5 Å². The summed E-state index contributed by atoms with van der Waals surface area (Å²) in [7, 11) is 0. The predicted octanol–water partition coefficient (Wildman–Crippen LogP) is 2.60. The van der Waals surface area contributed by atoms with Crippen LogP contribution in [-0.2, 0) is 0 Å². The topological polar surface area (TPSA) is 41.5 Å². The van der Waals surface area contributed by atoms with E-state index in [-0.39, 0.29) is 11.8 Å². The van der Waals surface area contributed by atoms with Crippen molar-refractivity contribution in [3.05, 3.63) is 23.8 Å². The Morgan fingerprint density at radius 3 is 3.00 bits per heavy atom. The minimum atomic E-state index is 0.277. The lowest BCUT2D eigenvalue weighted by molar-refractivity contribution is 0.284. The van der Waals surface area contributed by atoms with Gasteiger partial charge in [-0.05, 0) is 30.9 Å². The average molecular weight is 233 g/mol. The van der Waals surface area contributed by atoms with E-state index in [9.17, 15) is 5.11 Å². The molecule has 1 saturated carbocycles. The lowest BCUT2D eigenvalue weighted by Crippen LogP contribution is -2.35. The number of benzene rings is 1. The molecule has 1 fully saturated rings. The van der Waals surface area contributed by atoms with Gasteiger partial charge in [0.2, 0.25) is 0 Å². The van der Waals surface area contributed by atoms with Crippen molar-refractivity contribution in [2.75, 3.05) is 6.61 Å². The summed E-state index contributed by atoms with van der Waals surface area (Å²) in [6.07, 6.45) is 3.92. The summed E-state index contributed by atoms with van der Waals surface area (Å²) in [6, 6.07) is 6.31. The van der Waals surface area contributed by atoms with Gasteiger partial charge in [0, 0.05) is 17.7 Å². The Hall–Kier alpha value is -1.22. The molecule has 1 aliphatic heterocycles. The third-order valence-electron chi connectivity index (χ3n) is 4.05. The standard InChI is InChI=1S/C14H19NO2/c1-9-3-2-4-12(9)15-13-8-17-14-7-10(16)5-6-11(13)14/h5-7,9,12-13,15-16H,2-4,8H2,1H3. The van der Waals surface area contributed by atoms with E-state index in [1.54, 1.807) is 12.1 Å². The number of hydrogen-bond acceptors (Lipinski definition) is 3. The maximum absolute atomic E-state index is 9.41. The first kappa shape index (κ1) is 10.9. The van der Waals surface area contributed by atoms with Gasteiger partial charge < -0.3 is 15.2 Å². The van der Waals surface area contributed by atoms with Crippen LogP contribution in [0.4, 0.5) is 0 Å². The van der Waals surface area contributed by atoms with Crippen LogP contribution in [0.3, 0.4) is 0 Å². The molecule has 1 heterocycles. The van der Waals surface area contributed by atoms with Crippen LogP contribution in [0, 0.1) is 5.92 Å². The summed E-state index contributed by atoms with van der Waals surface area (Å²) in [5, 5.41) is 13.1. The fraction of sp³-hybridized carbons (Fsp3) is 0.571. The van der Waals surface area contributed by atoms with Crippen LogP contribution < -0.4 is 10.1 Å². The Bertz CT molecular complexity index is 419. The minimum Gasteiger partial charge on any atom is -0.508 e. The minimum absolute atomic E-state index is 0.277. The molecule has 2 N–H and O–H groups in total. The van der Waals surface area contributed by atoms with E-state index in [0.29, 0.717) is 12.6 Å². The van der Waals surface area contributed by atoms with Gasteiger partial charge in [-0.15, -0.1) is 0 Å². The van der Waals surface area contributed by atoms with Gasteiger partial charge in [-0.25, -0.2) is 0 Å². The van der Waals surface area contributed by atoms with Crippen molar-refractivity contribution in [2.24, 2.45) is 5.92 Å². The maximum atomic E-state index is 9.41. The SMILES string of the molecule is CC1CCCC1NC1COc2cc(O)ccc21. The second kappa shape index (κ2) is 4.22. The highest BCUT2D eigenvalue weighted by Crippen LogP contribution is 2.36. The molecule has 2 aliphatic rings. The summed E-state index contributed by atoms with van der Waals surface area (Å²) in [4.78, 5) is 0. The highest BCUT2D eigenvalue weighted by atomic mass is 16.5. The van der Waals surface area contributed by atoms with Crippen molar-refractivity contribution >= 4 is 0 Å². The Kier molecular flexibility index (Phi) is 2.71. The second-order valence-corrected chi connectivity index (χ2v) is 5.27. The predicted molar refractivity (Wildman–Crippen MR) is 66.3 cm³/mol. The van der Waals surface area contributed by atoms with Crippen LogP contribution in [-0.4, -0.2) is 17.8 Å². The maximum Gasteiger partial charge on any atom is 0.127 e. The van der Waals surface area contributed by atoms with Crippen molar-refractivity contribution in [1.29, 1.82) is 0 Å². The van der Waals surface area contributed by atoms with Crippen molar-refractivity contribution < 1.29 is 9.84 Å². The first-order chi connectivity index (χ1) is 8.24. The fourth-order valence-corrected chi connectivity index (χ4v) is 2.99. The van der Waals surface area contributed by atoms with E-state index >= 15 is 0 Å². The molecular weight excluding hydrogens is 214 g/mol. The largest absolute Gasteiger partial charge is 0.508 e. The molecule has 3 unspecified atom stereocenters. The molecule has 3 atom stereocenters. The van der Waals surface area contributed by atoms with Gasteiger partial charge in [0.1, 0.15) is 18.1 Å². The van der Waals surface area contributed by atoms with Crippen LogP contribution in [0.5, 0.6) is 11.5 Å². The summed E-state index contributed by atoms with van der Waals surface area (Å²) >= 11 is 0. The Labute approximate surface area is 102 Å². The van der Waals surface area contributed by atoms with E-state index < -0.39 is 0 Å². The zero-order chi connectivity index (χ0) is 11.8. The average Bonchev–Trinajstić information content (AvgIpc) is 2.87. The summed E-state index contributed by atoms with van der Waals surface area (Å²) in [6.45, 7) is 3.00. The molecule has 0 bridgehead atoms. The van der Waals surface area contributed by atoms with Crippen LogP contribution in [0.25, 0.3) is 0 Å². The number of rotatable bonds is 2. The van der Waals surface area contributed by atoms with Gasteiger partial charge in [0.15, 0.2) is 0 Å². The van der Waals surface area contributed by atoms with Crippen LogP contribution in [0.15, 0.2) is 18.2 Å². The molecule has 3 heteroatoms. The summed E-state index contributed by atoms with van der Waals surface area (Å²) < 4.78 is 5.61. The third kappa shape index (κ3) is 2.00. The Balaban J connectivity index is 1.75. The Morgan fingerprint density at radius 1 is 1.35 bits per heavy atom. The summed E-state index contributed by atoms with van der Waals surface area (Å²) in [5.41, 5.74) is 1.18. The molecule has 0 radical (unpaired) electrons. The van der Waals surface area contributed by atoms with E-state index in [1.807, 2.05) is 6.07 Å². The van der Waals surface area contributed by atoms with E-state index in [0.717, 1.165) is 11.7 Å². The molecule has 0 amide bonds. The molecule has 3 nitrogen and oxygen atoms in total. The highest BCUT2D eigenvalue weighted by molar-refractivity contribution is 5.44. The molecule has 92 valence electrons. The second-order valence-electron chi connectivity index (χ2n) is 5.27. The Morgan fingerprint density at radius 2 is 2.24 bits per heavy atom. The quantitative estimate of drug-likeness (QED) is 0.825. The lowest BCUT2D eigenvalue weighted by Gasteiger charge is -2.21. The molecule has 0 saturated heterocycles. The molecule has 17 heavy (non-hydrogen) atoms. The zero-order valence-corrected chi connectivity index (χ0v) is 10.1. The number of ether oxygens (including phenoxy) is 1. The van der Waals surface area contributed by atoms with E-state index in [2.05, 4.69) is 12.2 Å². The van der Waals surface area contributed by atoms with E-state index in [1.165, 1.54) is 24.8 Å². The molecule has 3 rings (SSSR count). The third-order valence-corrected chi connectivity index (χ3v) is 4.05. The van der Waals surface area contributed by atoms with Crippen LogP contribution >= 0.6 is 0 Å². The number of phenols is 1. The number of hydrogen-bond donors (Lipinski definition) is 2. The van der Waals surface area contributed by atoms with E-state index in [4.69, 9.17) is 4.74 Å². The normalized spacial score (nSPS) is 31.2. The zero-order valence-electron chi connectivity index (χ0n) is 10.1. The monoisotopic (exact) mass is 233 g/mol. The van der Waals surface area contributed by atoms with Crippen molar-refractivity contribution in [2.45, 2.75) is 38.3 Å². The van der Waals surface area contributed by atoms with Gasteiger partial charge >= 0.3 is 0 Å². The van der Waals surface area contributed by atoms with Gasteiger partial charge in [-0.2, -0.15) is 0 Å². The van der Waals surface area contributed by atoms with Crippen molar-refractivity contribution in [1.82, 2.24) is 5.32 Å². The first-order valence-corrected chi connectivity index (χ1v) is 6.46. The summed E-state index contributed by atoms with van der Waals surface area (Å²) in [5.74, 6) is 1.86. The number of fused-ring (bicyclic) bond motifs is 1. The first-order valence-electron chi connectivity index (χ1n) is 6.46. The molecule has 1 aliphatic carbocycles. The van der Waals surface area contributed by atoms with Gasteiger partial charge in [0.25, 0.3) is 0 Å². The number of nitrogens with one attached hydrogen (secondary N) is 1. The lowest BCUT2D eigenvalue weighted by atomic mass is 10.0. The van der Waals surface area contributed by atoms with Gasteiger partial charge in [0.05, 0.1) is 6.04 Å². The molecule has 0 aromatic heterocycles. The van der Waals surface area contributed by atoms with Gasteiger partial charge in [-0.1, -0.05) is 13.3 Å². The molecular formula is C14H19NO2.